The first-order valence-corrected chi connectivity index (χ1v) is 3.93. The lowest BCUT2D eigenvalue weighted by Gasteiger charge is -2.11. The van der Waals surface area contributed by atoms with Crippen LogP contribution in [0.4, 0.5) is 0 Å². The molecule has 1 N–H and O–H groups in total. The molecule has 0 spiro atoms. The smallest absolute Gasteiger partial charge is 0.297 e. The van der Waals surface area contributed by atoms with E-state index >= 15 is 0 Å². The van der Waals surface area contributed by atoms with Crippen molar-refractivity contribution in [2.75, 3.05) is 6.61 Å². The summed E-state index contributed by atoms with van der Waals surface area (Å²) in [6, 6.07) is 0. The third-order valence-electron chi connectivity index (χ3n) is 2.16. The van der Waals surface area contributed by atoms with Gasteiger partial charge in [-0.1, -0.05) is 0 Å². The number of hydrogen-bond acceptors (Lipinski definition) is 6. The highest BCUT2D eigenvalue weighted by molar-refractivity contribution is 4.90. The van der Waals surface area contributed by atoms with Gasteiger partial charge in [0, 0.05) is 6.42 Å². The van der Waals surface area contributed by atoms with Crippen LogP contribution in [-0.4, -0.2) is 41.4 Å². The zero-order valence-corrected chi connectivity index (χ0v) is 6.66. The maximum Gasteiger partial charge on any atom is 0.297 e. The van der Waals surface area contributed by atoms with Crippen LogP contribution in [0.3, 0.4) is 0 Å². The van der Waals surface area contributed by atoms with Gasteiger partial charge in [0.05, 0.1) is 12.7 Å². The summed E-state index contributed by atoms with van der Waals surface area (Å²) >= 11 is 0. The van der Waals surface area contributed by atoms with E-state index in [4.69, 9.17) is 9.47 Å². The molecule has 2 fully saturated rings. The zero-order valence-electron chi connectivity index (χ0n) is 6.66. The Labute approximate surface area is 73.3 Å². The second-order valence-electron chi connectivity index (χ2n) is 3.03. The van der Waals surface area contributed by atoms with Gasteiger partial charge in [0.15, 0.2) is 0 Å². The highest BCUT2D eigenvalue weighted by atomic mass is 17.0. The average Bonchev–Trinajstić information content (AvgIpc) is 2.53. The summed E-state index contributed by atoms with van der Waals surface area (Å²) < 4.78 is 10.2. The van der Waals surface area contributed by atoms with Crippen molar-refractivity contribution in [2.45, 2.75) is 31.0 Å². The molecule has 7 heteroatoms. The van der Waals surface area contributed by atoms with Gasteiger partial charge >= 0.3 is 0 Å². The fourth-order valence-corrected chi connectivity index (χ4v) is 1.62. The molecular weight excluding hydrogens is 182 g/mol. The minimum atomic E-state index is -0.905. The average molecular weight is 191 g/mol. The molecule has 0 aromatic heterocycles. The first kappa shape index (κ1) is 8.67. The maximum atomic E-state index is 9.96. The Morgan fingerprint density at radius 3 is 3.00 bits per heavy atom. The summed E-state index contributed by atoms with van der Waals surface area (Å²) in [6.07, 6.45) is -2.07. The Hall–Kier alpha value is -0.920. The predicted molar refractivity (Wildman–Crippen MR) is 37.1 cm³/mol. The van der Waals surface area contributed by atoms with Crippen LogP contribution in [0.15, 0.2) is 0 Å². The number of rotatable bonds is 2. The van der Waals surface area contributed by atoms with Crippen LogP contribution in [0, 0.1) is 10.1 Å². The minimum Gasteiger partial charge on any atom is -0.388 e. The lowest BCUT2D eigenvalue weighted by Crippen LogP contribution is -2.28. The van der Waals surface area contributed by atoms with Crippen molar-refractivity contribution in [3.8, 4) is 0 Å². The van der Waals surface area contributed by atoms with E-state index in [2.05, 4.69) is 4.84 Å². The molecule has 2 saturated heterocycles. The van der Waals surface area contributed by atoms with Crippen LogP contribution in [0.1, 0.15) is 6.42 Å². The lowest BCUT2D eigenvalue weighted by molar-refractivity contribution is -0.779. The Morgan fingerprint density at radius 2 is 2.38 bits per heavy atom. The van der Waals surface area contributed by atoms with E-state index in [9.17, 15) is 15.2 Å². The topological polar surface area (TPSA) is 91.1 Å². The predicted octanol–water partition coefficient (Wildman–Crippen LogP) is -0.931. The molecule has 0 saturated carbocycles. The summed E-state index contributed by atoms with van der Waals surface area (Å²) in [5, 5.41) is 18.3. The molecule has 7 nitrogen and oxygen atoms in total. The van der Waals surface area contributed by atoms with E-state index in [1.165, 1.54) is 0 Å². The summed E-state index contributed by atoms with van der Waals surface area (Å²) in [7, 11) is 0. The largest absolute Gasteiger partial charge is 0.388 e. The fraction of sp³-hybridized carbons (Fsp3) is 1.00. The molecule has 0 aromatic carbocycles. The number of ether oxygens (including phenoxy) is 2. The van der Waals surface area contributed by atoms with Crippen molar-refractivity contribution in [1.29, 1.82) is 0 Å². The molecule has 0 aromatic rings. The number of aliphatic hydroxyl groups excluding tert-OH is 1. The van der Waals surface area contributed by atoms with Gasteiger partial charge in [-0.25, -0.2) is 0 Å². The van der Waals surface area contributed by atoms with Gasteiger partial charge in [-0.3, -0.25) is 4.84 Å². The van der Waals surface area contributed by atoms with Crippen LogP contribution in [-0.2, 0) is 14.3 Å². The van der Waals surface area contributed by atoms with Crippen molar-refractivity contribution in [3.05, 3.63) is 10.1 Å². The molecule has 2 heterocycles. The Bertz CT molecular complexity index is 221. The molecule has 0 amide bonds. The molecule has 0 radical (unpaired) electrons. The second-order valence-corrected chi connectivity index (χ2v) is 3.03. The molecule has 0 aliphatic carbocycles. The van der Waals surface area contributed by atoms with Gasteiger partial charge in [0.2, 0.25) is 6.29 Å². The number of fused-ring (bicyclic) bond motifs is 1. The van der Waals surface area contributed by atoms with Gasteiger partial charge in [0.1, 0.15) is 12.2 Å². The third-order valence-corrected chi connectivity index (χ3v) is 2.16. The van der Waals surface area contributed by atoms with E-state index in [-0.39, 0.29) is 12.7 Å². The fourth-order valence-electron chi connectivity index (χ4n) is 1.62. The summed E-state index contributed by atoms with van der Waals surface area (Å²) in [4.78, 5) is 14.2. The SMILES string of the molecule is O=[N+]([O-])OC1C[C@H]2OC[C@H](O)[C@H]2O1. The molecule has 0 bridgehead atoms. The summed E-state index contributed by atoms with van der Waals surface area (Å²) in [6.45, 7) is 0.223. The van der Waals surface area contributed by atoms with Gasteiger partial charge < -0.3 is 14.6 Å². The number of hydrogen-bond donors (Lipinski definition) is 1. The van der Waals surface area contributed by atoms with Crippen LogP contribution in [0.25, 0.3) is 0 Å². The van der Waals surface area contributed by atoms with Crippen molar-refractivity contribution < 1.29 is 24.5 Å². The zero-order chi connectivity index (χ0) is 9.42. The van der Waals surface area contributed by atoms with Crippen molar-refractivity contribution in [3.63, 3.8) is 0 Å². The van der Waals surface area contributed by atoms with Crippen molar-refractivity contribution >= 4 is 0 Å². The van der Waals surface area contributed by atoms with Gasteiger partial charge in [-0.2, -0.15) is 0 Å². The maximum absolute atomic E-state index is 9.96. The third kappa shape index (κ3) is 1.58. The first-order chi connectivity index (χ1) is 6.16. The van der Waals surface area contributed by atoms with Gasteiger partial charge in [-0.15, -0.1) is 10.1 Å². The van der Waals surface area contributed by atoms with E-state index in [0.29, 0.717) is 6.42 Å². The molecule has 13 heavy (non-hydrogen) atoms. The molecule has 74 valence electrons. The van der Waals surface area contributed by atoms with E-state index in [1.54, 1.807) is 0 Å². The Kier molecular flexibility index (Phi) is 2.06. The van der Waals surface area contributed by atoms with Gasteiger partial charge in [-0.05, 0) is 0 Å². The van der Waals surface area contributed by atoms with Gasteiger partial charge in [0.25, 0.3) is 5.09 Å². The molecule has 1 unspecified atom stereocenters. The summed E-state index contributed by atoms with van der Waals surface area (Å²) in [5.74, 6) is 0. The van der Waals surface area contributed by atoms with Crippen LogP contribution >= 0.6 is 0 Å². The Balaban J connectivity index is 1.91. The highest BCUT2D eigenvalue weighted by Crippen LogP contribution is 2.31. The van der Waals surface area contributed by atoms with E-state index in [0.717, 1.165) is 0 Å². The van der Waals surface area contributed by atoms with Crippen LogP contribution in [0.5, 0.6) is 0 Å². The number of nitrogens with zero attached hydrogens (tertiary/aromatic N) is 1. The second kappa shape index (κ2) is 3.09. The van der Waals surface area contributed by atoms with Crippen LogP contribution in [0.2, 0.25) is 0 Å². The molecular formula is C6H9NO6. The van der Waals surface area contributed by atoms with Crippen molar-refractivity contribution in [2.24, 2.45) is 0 Å². The van der Waals surface area contributed by atoms with E-state index < -0.39 is 23.6 Å². The first-order valence-electron chi connectivity index (χ1n) is 3.93. The van der Waals surface area contributed by atoms with E-state index in [1.807, 2.05) is 0 Å². The normalized spacial score (nSPS) is 43.2. The monoisotopic (exact) mass is 191 g/mol. The molecule has 4 atom stereocenters. The standard InChI is InChI=1S/C6H9NO6/c8-3-2-11-4-1-5(12-6(3)4)13-7(9)10/h3-6,8H,1-2H2/t3-,4+,5?,6+/m0/s1. The van der Waals surface area contributed by atoms with Crippen LogP contribution < -0.4 is 0 Å². The minimum absolute atomic E-state index is 0.223. The quantitative estimate of drug-likeness (QED) is 0.448. The number of aliphatic hydroxyl groups is 1. The van der Waals surface area contributed by atoms with Crippen molar-refractivity contribution in [1.82, 2.24) is 0 Å². The molecule has 2 rings (SSSR count). The Morgan fingerprint density at radius 1 is 1.62 bits per heavy atom. The lowest BCUT2D eigenvalue weighted by atomic mass is 10.1. The molecule has 2 aliphatic rings. The molecule has 2 aliphatic heterocycles. The summed E-state index contributed by atoms with van der Waals surface area (Å²) in [5.41, 5.74) is 0. The highest BCUT2D eigenvalue weighted by Gasteiger charge is 2.46.